The highest BCUT2D eigenvalue weighted by Gasteiger charge is 2.22. The molecule has 1 heterocycles. The van der Waals surface area contributed by atoms with Gasteiger partial charge in [0.2, 0.25) is 11.1 Å². The smallest absolute Gasteiger partial charge is 0.233 e. The second-order valence-electron chi connectivity index (χ2n) is 5.41. The third-order valence-electron chi connectivity index (χ3n) is 3.38. The van der Waals surface area contributed by atoms with Gasteiger partial charge in [-0.2, -0.15) is 0 Å². The molecule has 1 fully saturated rings. The number of aromatic amines is 1. The van der Waals surface area contributed by atoms with Crippen molar-refractivity contribution in [3.63, 3.8) is 0 Å². The Morgan fingerprint density at radius 3 is 2.63 bits per heavy atom. The lowest BCUT2D eigenvalue weighted by Crippen LogP contribution is -2.37. The fourth-order valence-electron chi connectivity index (χ4n) is 2.17. The topological polar surface area (TPSA) is 70.7 Å². The molecule has 0 aromatic carbocycles. The largest absolute Gasteiger partial charge is 0.352 e. The highest BCUT2D eigenvalue weighted by molar-refractivity contribution is 8.00. The van der Waals surface area contributed by atoms with E-state index in [4.69, 9.17) is 0 Å². The van der Waals surface area contributed by atoms with Crippen LogP contribution < -0.4 is 5.32 Å². The highest BCUT2D eigenvalue weighted by Crippen LogP contribution is 2.22. The summed E-state index contributed by atoms with van der Waals surface area (Å²) < 4.78 is 0. The molecule has 1 aromatic heterocycles. The molecular weight excluding hydrogens is 260 g/mol. The summed E-state index contributed by atoms with van der Waals surface area (Å²) in [5.41, 5.74) is 0. The minimum absolute atomic E-state index is 0.0906. The first-order chi connectivity index (χ1) is 9.06. The van der Waals surface area contributed by atoms with Crippen molar-refractivity contribution in [3.05, 3.63) is 5.82 Å². The van der Waals surface area contributed by atoms with E-state index < -0.39 is 0 Å². The maximum Gasteiger partial charge on any atom is 0.233 e. The Morgan fingerprint density at radius 2 is 2.05 bits per heavy atom. The third kappa shape index (κ3) is 3.96. The molecule has 106 valence electrons. The van der Waals surface area contributed by atoms with Gasteiger partial charge in [-0.3, -0.25) is 9.89 Å². The molecular formula is C13H22N4OS. The Bertz CT molecular complexity index is 426. The van der Waals surface area contributed by atoms with Crippen molar-refractivity contribution in [2.24, 2.45) is 0 Å². The average Bonchev–Trinajstić information content (AvgIpc) is 2.99. The van der Waals surface area contributed by atoms with E-state index in [0.717, 1.165) is 18.7 Å². The molecule has 0 spiro atoms. The Balaban J connectivity index is 1.84. The van der Waals surface area contributed by atoms with Crippen molar-refractivity contribution >= 4 is 17.7 Å². The van der Waals surface area contributed by atoms with Crippen LogP contribution in [0.3, 0.4) is 0 Å². The van der Waals surface area contributed by atoms with Crippen molar-refractivity contribution in [1.82, 2.24) is 20.5 Å². The molecule has 1 saturated carbocycles. The molecule has 0 bridgehead atoms. The van der Waals surface area contributed by atoms with Gasteiger partial charge in [0.05, 0.1) is 5.25 Å². The van der Waals surface area contributed by atoms with Crippen molar-refractivity contribution in [3.8, 4) is 0 Å². The maximum absolute atomic E-state index is 12.0. The van der Waals surface area contributed by atoms with Crippen LogP contribution in [0.15, 0.2) is 5.16 Å². The van der Waals surface area contributed by atoms with Gasteiger partial charge in [0, 0.05) is 12.0 Å². The van der Waals surface area contributed by atoms with Crippen LogP contribution in [0.2, 0.25) is 0 Å². The number of amides is 1. The first-order valence-electron chi connectivity index (χ1n) is 6.95. The van der Waals surface area contributed by atoms with Gasteiger partial charge < -0.3 is 5.32 Å². The molecule has 1 aromatic rings. The van der Waals surface area contributed by atoms with Gasteiger partial charge in [-0.05, 0) is 19.8 Å². The van der Waals surface area contributed by atoms with E-state index in [1.807, 2.05) is 6.92 Å². The minimum atomic E-state index is -0.156. The minimum Gasteiger partial charge on any atom is -0.352 e. The monoisotopic (exact) mass is 282 g/mol. The molecule has 2 rings (SSSR count). The Morgan fingerprint density at radius 1 is 1.37 bits per heavy atom. The molecule has 19 heavy (non-hydrogen) atoms. The van der Waals surface area contributed by atoms with Crippen molar-refractivity contribution < 1.29 is 4.79 Å². The van der Waals surface area contributed by atoms with Crippen LogP contribution in [-0.2, 0) is 4.79 Å². The molecule has 0 radical (unpaired) electrons. The van der Waals surface area contributed by atoms with Crippen molar-refractivity contribution in [2.75, 3.05) is 0 Å². The van der Waals surface area contributed by atoms with Crippen molar-refractivity contribution in [1.29, 1.82) is 0 Å². The van der Waals surface area contributed by atoms with Crippen LogP contribution in [0.1, 0.15) is 58.2 Å². The molecule has 6 heteroatoms. The molecule has 2 N–H and O–H groups in total. The third-order valence-corrected chi connectivity index (χ3v) is 4.34. The van der Waals surface area contributed by atoms with E-state index in [1.165, 1.54) is 24.6 Å². The number of rotatable bonds is 5. The first kappa shape index (κ1) is 14.4. The maximum atomic E-state index is 12.0. The van der Waals surface area contributed by atoms with Gasteiger partial charge in [-0.25, -0.2) is 4.98 Å². The lowest BCUT2D eigenvalue weighted by Gasteiger charge is -2.15. The fourth-order valence-corrected chi connectivity index (χ4v) is 2.91. The number of hydrogen-bond acceptors (Lipinski definition) is 4. The summed E-state index contributed by atoms with van der Waals surface area (Å²) in [4.78, 5) is 16.4. The van der Waals surface area contributed by atoms with Crippen LogP contribution in [0, 0.1) is 0 Å². The van der Waals surface area contributed by atoms with Gasteiger partial charge in [0.1, 0.15) is 5.82 Å². The Labute approximate surface area is 118 Å². The predicted octanol–water partition coefficient (Wildman–Crippen LogP) is 2.47. The van der Waals surface area contributed by atoms with Gasteiger partial charge in [0.15, 0.2) is 0 Å². The summed E-state index contributed by atoms with van der Waals surface area (Å²) in [6, 6.07) is 0.369. The van der Waals surface area contributed by atoms with Gasteiger partial charge in [0.25, 0.3) is 0 Å². The number of hydrogen-bond donors (Lipinski definition) is 2. The van der Waals surface area contributed by atoms with Crippen LogP contribution in [0.5, 0.6) is 0 Å². The molecule has 1 amide bonds. The fraction of sp³-hybridized carbons (Fsp3) is 0.769. The van der Waals surface area contributed by atoms with Gasteiger partial charge in [-0.15, -0.1) is 5.10 Å². The van der Waals surface area contributed by atoms with E-state index in [-0.39, 0.29) is 11.2 Å². The summed E-state index contributed by atoms with van der Waals surface area (Å²) >= 11 is 1.41. The molecule has 0 aliphatic heterocycles. The molecule has 1 aliphatic carbocycles. The number of carbonyl (C=O) groups excluding carboxylic acids is 1. The van der Waals surface area contributed by atoms with E-state index >= 15 is 0 Å². The zero-order chi connectivity index (χ0) is 13.8. The number of aromatic nitrogens is 3. The molecule has 1 aliphatic rings. The molecule has 0 unspecified atom stereocenters. The van der Waals surface area contributed by atoms with E-state index in [1.54, 1.807) is 0 Å². The molecule has 0 saturated heterocycles. The zero-order valence-electron chi connectivity index (χ0n) is 11.8. The average molecular weight is 282 g/mol. The second-order valence-corrected chi connectivity index (χ2v) is 6.72. The summed E-state index contributed by atoms with van der Waals surface area (Å²) in [6.45, 7) is 6.02. The second kappa shape index (κ2) is 6.41. The Hall–Kier alpha value is -1.04. The highest BCUT2D eigenvalue weighted by atomic mass is 32.2. The lowest BCUT2D eigenvalue weighted by molar-refractivity contribution is -0.120. The normalized spacial score (nSPS) is 17.9. The van der Waals surface area contributed by atoms with E-state index in [9.17, 15) is 4.79 Å². The Kier molecular flexibility index (Phi) is 4.85. The van der Waals surface area contributed by atoms with Crippen LogP contribution in [0.4, 0.5) is 0 Å². The van der Waals surface area contributed by atoms with Crippen molar-refractivity contribution in [2.45, 2.75) is 68.8 Å². The number of carbonyl (C=O) groups is 1. The summed E-state index contributed by atoms with van der Waals surface area (Å²) in [5.74, 6) is 1.28. The number of nitrogens with zero attached hydrogens (tertiary/aromatic N) is 2. The number of thioether (sulfide) groups is 1. The quantitative estimate of drug-likeness (QED) is 0.814. The standard InChI is InChI=1S/C13H22N4OS/c1-8(2)11-15-13(17-16-11)19-9(3)12(18)14-10-6-4-5-7-10/h8-10H,4-7H2,1-3H3,(H,14,18)(H,15,16,17)/t9-/m0/s1. The van der Waals surface area contributed by atoms with Gasteiger partial charge >= 0.3 is 0 Å². The number of nitrogens with one attached hydrogen (secondary N) is 2. The van der Waals surface area contributed by atoms with Crippen LogP contribution in [0.25, 0.3) is 0 Å². The van der Waals surface area contributed by atoms with E-state index in [0.29, 0.717) is 17.1 Å². The van der Waals surface area contributed by atoms with Crippen LogP contribution >= 0.6 is 11.8 Å². The summed E-state index contributed by atoms with van der Waals surface area (Å²) in [6.07, 6.45) is 4.68. The summed E-state index contributed by atoms with van der Waals surface area (Å²) in [7, 11) is 0. The lowest BCUT2D eigenvalue weighted by atomic mass is 10.2. The number of H-pyrrole nitrogens is 1. The zero-order valence-corrected chi connectivity index (χ0v) is 12.6. The van der Waals surface area contributed by atoms with E-state index in [2.05, 4.69) is 34.3 Å². The first-order valence-corrected chi connectivity index (χ1v) is 7.83. The molecule has 1 atom stereocenters. The molecule has 5 nitrogen and oxygen atoms in total. The van der Waals surface area contributed by atoms with Gasteiger partial charge in [-0.1, -0.05) is 38.5 Å². The predicted molar refractivity (Wildman–Crippen MR) is 76.2 cm³/mol. The SMILES string of the molecule is CC(C)c1nc(S[C@@H](C)C(=O)NC2CCCC2)n[nH]1. The van der Waals surface area contributed by atoms with Crippen LogP contribution in [-0.4, -0.2) is 32.4 Å². The summed E-state index contributed by atoms with van der Waals surface area (Å²) in [5, 5.41) is 10.6.